The van der Waals surface area contributed by atoms with Gasteiger partial charge in [-0.2, -0.15) is 0 Å². The van der Waals surface area contributed by atoms with Crippen molar-refractivity contribution >= 4 is 35.5 Å². The zero-order valence-corrected chi connectivity index (χ0v) is 14.2. The van der Waals surface area contributed by atoms with Crippen molar-refractivity contribution in [1.29, 1.82) is 0 Å². The van der Waals surface area contributed by atoms with Crippen molar-refractivity contribution in [3.8, 4) is 0 Å². The van der Waals surface area contributed by atoms with Crippen molar-refractivity contribution in [2.45, 2.75) is 13.1 Å². The molecule has 4 rings (SSSR count). The number of anilines is 2. The van der Waals surface area contributed by atoms with Gasteiger partial charge in [-0.25, -0.2) is 15.0 Å². The van der Waals surface area contributed by atoms with E-state index in [0.29, 0.717) is 11.8 Å². The SMILES string of the molecule is Nc1cc(/C=C/c2ccnc(N3Cc4ccc(Cl)cc4C3)n2)ccn1. The fraction of sp³-hybridized carbons (Fsp3) is 0.105. The predicted molar refractivity (Wildman–Crippen MR) is 101 cm³/mol. The maximum Gasteiger partial charge on any atom is 0.226 e. The maximum absolute atomic E-state index is 6.08. The zero-order valence-electron chi connectivity index (χ0n) is 13.4. The lowest BCUT2D eigenvalue weighted by molar-refractivity contribution is 0.826. The van der Waals surface area contributed by atoms with Crippen molar-refractivity contribution in [1.82, 2.24) is 15.0 Å². The first-order valence-corrected chi connectivity index (χ1v) is 8.30. The summed E-state index contributed by atoms with van der Waals surface area (Å²) < 4.78 is 0. The summed E-state index contributed by atoms with van der Waals surface area (Å²) in [6.45, 7) is 1.56. The van der Waals surface area contributed by atoms with Gasteiger partial charge in [0.2, 0.25) is 5.95 Å². The molecule has 2 aromatic heterocycles. The van der Waals surface area contributed by atoms with Crippen LogP contribution in [0.2, 0.25) is 5.02 Å². The molecule has 124 valence electrons. The van der Waals surface area contributed by atoms with Crippen LogP contribution in [0.25, 0.3) is 12.2 Å². The van der Waals surface area contributed by atoms with Gasteiger partial charge in [0.15, 0.2) is 0 Å². The summed E-state index contributed by atoms with van der Waals surface area (Å²) >= 11 is 6.08. The number of nitrogens with zero attached hydrogens (tertiary/aromatic N) is 4. The summed E-state index contributed by atoms with van der Waals surface area (Å²) in [5, 5.41) is 0.759. The number of fused-ring (bicyclic) bond motifs is 1. The van der Waals surface area contributed by atoms with Gasteiger partial charge in [-0.3, -0.25) is 0 Å². The fourth-order valence-corrected chi connectivity index (χ4v) is 3.06. The van der Waals surface area contributed by atoms with E-state index in [1.54, 1.807) is 12.4 Å². The molecule has 2 N–H and O–H groups in total. The molecule has 0 saturated heterocycles. The summed E-state index contributed by atoms with van der Waals surface area (Å²) in [6, 6.07) is 11.6. The monoisotopic (exact) mass is 349 g/mol. The predicted octanol–water partition coefficient (Wildman–Crippen LogP) is 3.80. The van der Waals surface area contributed by atoms with E-state index >= 15 is 0 Å². The van der Waals surface area contributed by atoms with E-state index in [1.165, 1.54) is 11.1 Å². The second kappa shape index (κ2) is 6.53. The van der Waals surface area contributed by atoms with Crippen LogP contribution in [0, 0.1) is 0 Å². The smallest absolute Gasteiger partial charge is 0.226 e. The molecule has 0 unspecified atom stereocenters. The Labute approximate surface area is 150 Å². The summed E-state index contributed by atoms with van der Waals surface area (Å²) in [6.07, 6.45) is 7.37. The van der Waals surface area contributed by atoms with E-state index in [1.807, 2.05) is 42.5 Å². The van der Waals surface area contributed by atoms with Gasteiger partial charge in [-0.05, 0) is 53.1 Å². The number of aromatic nitrogens is 3. The van der Waals surface area contributed by atoms with Gasteiger partial charge in [0.1, 0.15) is 5.82 Å². The Morgan fingerprint density at radius 1 is 0.960 bits per heavy atom. The van der Waals surface area contributed by atoms with Gasteiger partial charge in [-0.15, -0.1) is 0 Å². The van der Waals surface area contributed by atoms with Gasteiger partial charge < -0.3 is 10.6 Å². The third kappa shape index (κ3) is 3.46. The van der Waals surface area contributed by atoms with Crippen molar-refractivity contribution in [2.24, 2.45) is 0 Å². The quantitative estimate of drug-likeness (QED) is 0.779. The summed E-state index contributed by atoms with van der Waals surface area (Å²) in [5.74, 6) is 1.21. The molecule has 0 spiro atoms. The van der Waals surface area contributed by atoms with Crippen LogP contribution in [0.1, 0.15) is 22.4 Å². The van der Waals surface area contributed by atoms with E-state index in [9.17, 15) is 0 Å². The highest BCUT2D eigenvalue weighted by molar-refractivity contribution is 6.30. The van der Waals surface area contributed by atoms with E-state index in [-0.39, 0.29) is 0 Å². The average molecular weight is 350 g/mol. The summed E-state index contributed by atoms with van der Waals surface area (Å²) in [5.41, 5.74) is 10.0. The van der Waals surface area contributed by atoms with Gasteiger partial charge in [0.05, 0.1) is 5.69 Å². The van der Waals surface area contributed by atoms with E-state index in [2.05, 4.69) is 25.9 Å². The lowest BCUT2D eigenvalue weighted by Gasteiger charge is -2.15. The summed E-state index contributed by atoms with van der Waals surface area (Å²) in [7, 11) is 0. The molecule has 0 atom stereocenters. The molecule has 0 saturated carbocycles. The summed E-state index contributed by atoms with van der Waals surface area (Å²) in [4.78, 5) is 15.2. The van der Waals surface area contributed by atoms with Crippen LogP contribution >= 0.6 is 11.6 Å². The Morgan fingerprint density at radius 3 is 2.68 bits per heavy atom. The van der Waals surface area contributed by atoms with Crippen LogP contribution in [0.3, 0.4) is 0 Å². The molecule has 3 heterocycles. The molecule has 0 fully saturated rings. The van der Waals surface area contributed by atoms with Crippen molar-refractivity contribution in [2.75, 3.05) is 10.6 Å². The van der Waals surface area contributed by atoms with E-state index < -0.39 is 0 Å². The molecule has 5 nitrogen and oxygen atoms in total. The molecule has 6 heteroatoms. The molecule has 0 amide bonds. The lowest BCUT2D eigenvalue weighted by atomic mass is 10.1. The lowest BCUT2D eigenvalue weighted by Crippen LogP contribution is -2.17. The first-order chi connectivity index (χ1) is 12.2. The second-order valence-electron chi connectivity index (χ2n) is 5.90. The minimum absolute atomic E-state index is 0.499. The number of rotatable bonds is 3. The second-order valence-corrected chi connectivity index (χ2v) is 6.33. The molecular weight excluding hydrogens is 334 g/mol. The molecular formula is C19H16ClN5. The highest BCUT2D eigenvalue weighted by atomic mass is 35.5. The Kier molecular flexibility index (Phi) is 4.07. The Hall–Kier alpha value is -2.92. The average Bonchev–Trinajstić information content (AvgIpc) is 3.03. The third-order valence-electron chi connectivity index (χ3n) is 4.09. The number of pyridine rings is 1. The first kappa shape index (κ1) is 15.6. The van der Waals surface area contributed by atoms with Crippen LogP contribution in [0.5, 0.6) is 0 Å². The van der Waals surface area contributed by atoms with Gasteiger partial charge >= 0.3 is 0 Å². The maximum atomic E-state index is 6.08. The van der Waals surface area contributed by atoms with Crippen LogP contribution in [0.15, 0.2) is 48.8 Å². The molecule has 25 heavy (non-hydrogen) atoms. The van der Waals surface area contributed by atoms with E-state index in [0.717, 1.165) is 29.4 Å². The number of nitrogens with two attached hydrogens (primary N) is 1. The van der Waals surface area contributed by atoms with Crippen molar-refractivity contribution in [3.63, 3.8) is 0 Å². The Bertz CT molecular complexity index is 954. The van der Waals surface area contributed by atoms with E-state index in [4.69, 9.17) is 17.3 Å². The number of hydrogen-bond acceptors (Lipinski definition) is 5. The number of halogens is 1. The Morgan fingerprint density at radius 2 is 1.80 bits per heavy atom. The highest BCUT2D eigenvalue weighted by Gasteiger charge is 2.21. The topological polar surface area (TPSA) is 67.9 Å². The fourth-order valence-electron chi connectivity index (χ4n) is 2.86. The third-order valence-corrected chi connectivity index (χ3v) is 4.32. The molecule has 0 bridgehead atoms. The minimum Gasteiger partial charge on any atom is -0.384 e. The number of nitrogen functional groups attached to an aromatic ring is 1. The normalized spacial score (nSPS) is 13.4. The standard InChI is InChI=1S/C19H16ClN5/c20-16-3-2-14-11-25(12-15(14)10-16)19-23-8-6-17(24-19)4-1-13-5-7-22-18(21)9-13/h1-10H,11-12H2,(H2,21,22)/b4-1+. The Balaban J connectivity index is 1.54. The molecule has 0 radical (unpaired) electrons. The van der Waals surface area contributed by atoms with Gasteiger partial charge in [0.25, 0.3) is 0 Å². The van der Waals surface area contributed by atoms with Crippen LogP contribution < -0.4 is 10.6 Å². The number of benzene rings is 1. The molecule has 1 aliphatic rings. The van der Waals surface area contributed by atoms with Crippen LogP contribution in [0.4, 0.5) is 11.8 Å². The highest BCUT2D eigenvalue weighted by Crippen LogP contribution is 2.28. The van der Waals surface area contributed by atoms with Gasteiger partial charge in [0, 0.05) is 30.5 Å². The molecule has 0 aliphatic carbocycles. The zero-order chi connectivity index (χ0) is 17.2. The molecule has 3 aromatic rings. The largest absolute Gasteiger partial charge is 0.384 e. The minimum atomic E-state index is 0.499. The van der Waals surface area contributed by atoms with Crippen molar-refractivity contribution < 1.29 is 0 Å². The molecule has 1 aliphatic heterocycles. The molecule has 1 aromatic carbocycles. The number of hydrogen-bond donors (Lipinski definition) is 1. The first-order valence-electron chi connectivity index (χ1n) is 7.92. The van der Waals surface area contributed by atoms with Crippen molar-refractivity contribution in [3.05, 3.63) is 76.2 Å². The van der Waals surface area contributed by atoms with Crippen LogP contribution in [-0.2, 0) is 13.1 Å². The van der Waals surface area contributed by atoms with Gasteiger partial charge in [-0.1, -0.05) is 23.7 Å². The van der Waals surface area contributed by atoms with Crippen LogP contribution in [-0.4, -0.2) is 15.0 Å².